The van der Waals surface area contributed by atoms with Crippen LogP contribution < -0.4 is 31.2 Å². The summed E-state index contributed by atoms with van der Waals surface area (Å²) in [4.78, 5) is 50.1. The van der Waals surface area contributed by atoms with Gasteiger partial charge in [0.05, 0.1) is 26.9 Å². The highest BCUT2D eigenvalue weighted by molar-refractivity contribution is 6.02. The van der Waals surface area contributed by atoms with Gasteiger partial charge in [-0.1, -0.05) is 13.8 Å². The number of benzene rings is 1. The Morgan fingerprint density at radius 3 is 2.06 bits per heavy atom. The van der Waals surface area contributed by atoms with Gasteiger partial charge in [0.2, 0.25) is 11.5 Å². The number of nitrogen functional groups attached to an aromatic ring is 1. The maximum atomic E-state index is 12.7. The summed E-state index contributed by atoms with van der Waals surface area (Å²) in [5.41, 5.74) is 4.11. The summed E-state index contributed by atoms with van der Waals surface area (Å²) in [5.74, 6) is -1.18. The molecule has 0 atom stereocenters. The molecule has 0 saturated carbocycles. The molecule has 1 heterocycles. The normalized spacial score (nSPS) is 10.7. The lowest BCUT2D eigenvalue weighted by atomic mass is 10.1. The molecule has 0 aliphatic rings. The lowest BCUT2D eigenvalue weighted by Gasteiger charge is -2.16. The second kappa shape index (κ2) is 10.0. The number of hydrogen-bond donors (Lipinski definition) is 1. The Hall–Kier alpha value is -3.76. The number of carbonyl (C=O) groups is 2. The Morgan fingerprint density at radius 2 is 1.59 bits per heavy atom. The van der Waals surface area contributed by atoms with Crippen LogP contribution in [-0.2, 0) is 18.3 Å². The molecule has 2 N–H and O–H groups in total. The van der Waals surface area contributed by atoms with Crippen LogP contribution in [0.25, 0.3) is 0 Å². The monoisotopic (exact) mass is 449 g/mol. The largest absolute Gasteiger partial charge is 0.493 e. The summed E-state index contributed by atoms with van der Waals surface area (Å²) >= 11 is 0. The highest BCUT2D eigenvalue weighted by Crippen LogP contribution is 2.38. The number of Topliss-reactive ketones (excluding diaryl/α,β-unsaturated/α-hetero) is 1. The summed E-state index contributed by atoms with van der Waals surface area (Å²) in [6.45, 7) is 3.18. The molecule has 0 unspecified atom stereocenters. The van der Waals surface area contributed by atoms with E-state index in [1.165, 1.54) is 40.5 Å². The van der Waals surface area contributed by atoms with Crippen molar-refractivity contribution < 1.29 is 28.5 Å². The number of rotatable bonds is 9. The van der Waals surface area contributed by atoms with E-state index in [0.717, 1.165) is 9.13 Å². The Labute approximate surface area is 184 Å². The zero-order valence-electron chi connectivity index (χ0n) is 18.9. The Morgan fingerprint density at radius 1 is 1.03 bits per heavy atom. The van der Waals surface area contributed by atoms with Crippen molar-refractivity contribution in [3.63, 3.8) is 0 Å². The fraction of sp³-hybridized carbons (Fsp3) is 0.429. The zero-order chi connectivity index (χ0) is 24.2. The number of ketones is 1. The highest BCUT2D eigenvalue weighted by Gasteiger charge is 2.24. The zero-order valence-corrected chi connectivity index (χ0v) is 18.9. The van der Waals surface area contributed by atoms with E-state index in [4.69, 9.17) is 24.7 Å². The van der Waals surface area contributed by atoms with Crippen molar-refractivity contribution in [3.8, 4) is 17.2 Å². The molecule has 0 aliphatic heterocycles. The van der Waals surface area contributed by atoms with E-state index in [0.29, 0.717) is 0 Å². The summed E-state index contributed by atoms with van der Waals surface area (Å²) in [6.07, 6.45) is 0. The van der Waals surface area contributed by atoms with Gasteiger partial charge >= 0.3 is 11.7 Å². The lowest BCUT2D eigenvalue weighted by Crippen LogP contribution is -2.43. The number of methoxy groups -OCH3 is 3. The van der Waals surface area contributed by atoms with Crippen LogP contribution in [-0.4, -0.2) is 48.8 Å². The number of nitrogens with zero attached hydrogens (tertiary/aromatic N) is 2. The molecular formula is C21H27N3O8. The molecule has 0 spiro atoms. The third-order valence-electron chi connectivity index (χ3n) is 4.64. The van der Waals surface area contributed by atoms with Crippen LogP contribution in [0.1, 0.15) is 34.6 Å². The molecule has 0 radical (unpaired) electrons. The van der Waals surface area contributed by atoms with E-state index in [-0.39, 0.29) is 41.1 Å². The predicted molar refractivity (Wildman–Crippen MR) is 116 cm³/mol. The Balaban J connectivity index is 2.34. The van der Waals surface area contributed by atoms with Crippen LogP contribution in [0.3, 0.4) is 0 Å². The van der Waals surface area contributed by atoms with E-state index in [1.54, 1.807) is 0 Å². The standard InChI is InChI=1S/C21H27N3O8/c1-11(2)9-24-18(22)16(19(26)23(3)21(24)28)13(25)10-32-20(27)12-7-14(29-4)17(31-6)15(8-12)30-5/h7-8,11H,9-10,22H2,1-6H3. The fourth-order valence-corrected chi connectivity index (χ4v) is 3.07. The highest BCUT2D eigenvalue weighted by atomic mass is 16.5. The van der Waals surface area contributed by atoms with Gasteiger partial charge in [-0.3, -0.25) is 18.7 Å². The smallest absolute Gasteiger partial charge is 0.338 e. The van der Waals surface area contributed by atoms with Crippen molar-refractivity contribution in [1.29, 1.82) is 0 Å². The molecule has 11 heteroatoms. The van der Waals surface area contributed by atoms with Crippen LogP contribution in [0.15, 0.2) is 21.7 Å². The van der Waals surface area contributed by atoms with Crippen LogP contribution >= 0.6 is 0 Å². The van der Waals surface area contributed by atoms with Crippen molar-refractivity contribution in [2.24, 2.45) is 13.0 Å². The number of nitrogens with two attached hydrogens (primary N) is 1. The van der Waals surface area contributed by atoms with Crippen molar-refractivity contribution >= 4 is 17.6 Å². The number of hydrogen-bond acceptors (Lipinski definition) is 9. The van der Waals surface area contributed by atoms with Gasteiger partial charge in [0, 0.05) is 13.6 Å². The molecule has 1 aromatic heterocycles. The van der Waals surface area contributed by atoms with Crippen LogP contribution in [0.5, 0.6) is 17.2 Å². The van der Waals surface area contributed by atoms with Crippen molar-refractivity contribution in [2.75, 3.05) is 33.7 Å². The van der Waals surface area contributed by atoms with Crippen molar-refractivity contribution in [3.05, 3.63) is 44.1 Å². The average molecular weight is 449 g/mol. The molecule has 11 nitrogen and oxygen atoms in total. The molecule has 0 saturated heterocycles. The summed E-state index contributed by atoms with van der Waals surface area (Å²) in [6, 6.07) is 2.73. The molecule has 0 aliphatic carbocycles. The van der Waals surface area contributed by atoms with Gasteiger partial charge in [-0.2, -0.15) is 0 Å². The molecule has 174 valence electrons. The average Bonchev–Trinajstić information content (AvgIpc) is 2.77. The third-order valence-corrected chi connectivity index (χ3v) is 4.64. The van der Waals surface area contributed by atoms with Gasteiger partial charge in [-0.25, -0.2) is 9.59 Å². The number of anilines is 1. The predicted octanol–water partition coefficient (Wildman–Crippen LogP) is 0.851. The first-order valence-corrected chi connectivity index (χ1v) is 9.66. The maximum Gasteiger partial charge on any atom is 0.338 e. The van der Waals surface area contributed by atoms with E-state index < -0.39 is 35.2 Å². The van der Waals surface area contributed by atoms with Gasteiger partial charge in [0.25, 0.3) is 5.56 Å². The maximum absolute atomic E-state index is 12.7. The second-order valence-electron chi connectivity index (χ2n) is 7.32. The first-order valence-electron chi connectivity index (χ1n) is 9.66. The first-order chi connectivity index (χ1) is 15.1. The molecular weight excluding hydrogens is 422 g/mol. The summed E-state index contributed by atoms with van der Waals surface area (Å²) in [7, 11) is 5.45. The van der Waals surface area contributed by atoms with E-state index in [1.807, 2.05) is 13.8 Å². The second-order valence-corrected chi connectivity index (χ2v) is 7.32. The van der Waals surface area contributed by atoms with Crippen LogP contribution in [0.2, 0.25) is 0 Å². The van der Waals surface area contributed by atoms with Gasteiger partial charge in [-0.15, -0.1) is 0 Å². The number of aromatic nitrogens is 2. The quantitative estimate of drug-likeness (QED) is 0.435. The van der Waals surface area contributed by atoms with E-state index >= 15 is 0 Å². The molecule has 2 rings (SSSR count). The minimum absolute atomic E-state index is 0.0355. The SMILES string of the molecule is COc1cc(C(=O)OCC(=O)c2c(N)n(CC(C)C)c(=O)n(C)c2=O)cc(OC)c1OC. The molecule has 0 fully saturated rings. The fourth-order valence-electron chi connectivity index (χ4n) is 3.07. The van der Waals surface area contributed by atoms with Crippen molar-refractivity contribution in [1.82, 2.24) is 9.13 Å². The summed E-state index contributed by atoms with van der Waals surface area (Å²) in [5, 5.41) is 0. The Bertz CT molecular complexity index is 1120. The number of carbonyl (C=O) groups excluding carboxylic acids is 2. The van der Waals surface area contributed by atoms with Gasteiger partial charge in [-0.05, 0) is 18.1 Å². The molecule has 1 aromatic carbocycles. The molecule has 0 bridgehead atoms. The minimum Gasteiger partial charge on any atom is -0.493 e. The van der Waals surface area contributed by atoms with E-state index in [9.17, 15) is 19.2 Å². The molecule has 2 aromatic rings. The topological polar surface area (TPSA) is 141 Å². The van der Waals surface area contributed by atoms with Crippen LogP contribution in [0.4, 0.5) is 5.82 Å². The third kappa shape index (κ3) is 4.76. The van der Waals surface area contributed by atoms with Gasteiger partial charge in [0.15, 0.2) is 18.1 Å². The van der Waals surface area contributed by atoms with Gasteiger partial charge in [0.1, 0.15) is 11.4 Å². The minimum atomic E-state index is -0.860. The Kier molecular flexibility index (Phi) is 7.68. The molecule has 32 heavy (non-hydrogen) atoms. The van der Waals surface area contributed by atoms with Crippen LogP contribution in [0, 0.1) is 5.92 Å². The number of esters is 1. The number of ether oxygens (including phenoxy) is 4. The molecule has 0 amide bonds. The van der Waals surface area contributed by atoms with Crippen molar-refractivity contribution in [2.45, 2.75) is 20.4 Å². The summed E-state index contributed by atoms with van der Waals surface area (Å²) < 4.78 is 22.6. The first kappa shape index (κ1) is 24.5. The van der Waals surface area contributed by atoms with E-state index in [2.05, 4.69) is 0 Å². The lowest BCUT2D eigenvalue weighted by molar-refractivity contribution is 0.0473. The van der Waals surface area contributed by atoms with Gasteiger partial charge < -0.3 is 24.7 Å².